The molecule has 2 saturated carbocycles. The number of imidazole rings is 1. The van der Waals surface area contributed by atoms with E-state index in [1.165, 1.54) is 0 Å². The zero-order chi connectivity index (χ0) is 23.4. The van der Waals surface area contributed by atoms with Crippen molar-refractivity contribution >= 4 is 5.95 Å². The number of alkyl halides is 1. The lowest BCUT2D eigenvalue weighted by Gasteiger charge is -2.57. The molecule has 0 saturated heterocycles. The van der Waals surface area contributed by atoms with E-state index in [2.05, 4.69) is 40.9 Å². The second-order valence-electron chi connectivity index (χ2n) is 10.8. The van der Waals surface area contributed by atoms with Crippen LogP contribution in [0, 0.1) is 16.7 Å². The second-order valence-corrected chi connectivity index (χ2v) is 10.8. The number of halogens is 1. The Morgan fingerprint density at radius 2 is 2.00 bits per heavy atom. The Morgan fingerprint density at radius 3 is 2.67 bits per heavy atom. The van der Waals surface area contributed by atoms with Crippen molar-refractivity contribution in [2.24, 2.45) is 16.7 Å². The molecule has 7 nitrogen and oxygen atoms in total. The average Bonchev–Trinajstić information content (AvgIpc) is 3.30. The van der Waals surface area contributed by atoms with Gasteiger partial charge < -0.3 is 14.6 Å². The van der Waals surface area contributed by atoms with E-state index in [9.17, 15) is 5.11 Å². The molecule has 2 fully saturated rings. The molecule has 3 aromatic rings. The van der Waals surface area contributed by atoms with E-state index in [-0.39, 0.29) is 22.6 Å². The molecule has 2 aliphatic carbocycles. The molecule has 0 spiro atoms. The van der Waals surface area contributed by atoms with Crippen molar-refractivity contribution in [2.45, 2.75) is 58.7 Å². The van der Waals surface area contributed by atoms with Gasteiger partial charge in [-0.15, -0.1) is 10.2 Å². The van der Waals surface area contributed by atoms with Crippen molar-refractivity contribution in [3.8, 4) is 22.7 Å². The molecule has 5 rings (SSSR count). The van der Waals surface area contributed by atoms with Gasteiger partial charge in [0.05, 0.1) is 24.3 Å². The number of benzene rings is 1. The van der Waals surface area contributed by atoms with E-state index in [4.69, 9.17) is 0 Å². The fraction of sp³-hybridized carbons (Fsp3) is 0.520. The first-order valence-electron chi connectivity index (χ1n) is 11.6. The first-order valence-corrected chi connectivity index (χ1v) is 11.6. The number of aromatic hydroxyl groups is 1. The van der Waals surface area contributed by atoms with Crippen molar-refractivity contribution in [3.05, 3.63) is 43.1 Å². The molecule has 33 heavy (non-hydrogen) atoms. The first-order chi connectivity index (χ1) is 15.7. The number of nitrogens with zero attached hydrogens (tertiary/aromatic N) is 6. The molecular formula is C25H31FN6O. The third-order valence-corrected chi connectivity index (χ3v) is 7.61. The SMILES string of the molecule is CC1C[C@@]2(C)C[C@H](N(C)c3ncc(-c4ccc(-n5ccnc5)cc4O)nn3)[C@@H](F)[C@@](C)(C1)C2. The molecule has 2 bridgehead atoms. The van der Waals surface area contributed by atoms with E-state index in [0.717, 1.165) is 31.4 Å². The number of hydrogen-bond donors (Lipinski definition) is 1. The Balaban J connectivity index is 1.38. The van der Waals surface area contributed by atoms with Crippen molar-refractivity contribution in [1.82, 2.24) is 24.7 Å². The van der Waals surface area contributed by atoms with Gasteiger partial charge in [-0.05, 0) is 49.1 Å². The number of hydrogen-bond acceptors (Lipinski definition) is 6. The molecule has 2 heterocycles. The molecule has 2 aromatic heterocycles. The van der Waals surface area contributed by atoms with E-state index in [1.54, 1.807) is 41.6 Å². The first kappa shape index (κ1) is 21.8. The van der Waals surface area contributed by atoms with Crippen LogP contribution in [0.15, 0.2) is 43.1 Å². The molecule has 8 heteroatoms. The fourth-order valence-electron chi connectivity index (χ4n) is 6.61. The van der Waals surface area contributed by atoms with Gasteiger partial charge in [0.25, 0.3) is 0 Å². The van der Waals surface area contributed by atoms with Crippen LogP contribution in [0.1, 0.15) is 46.5 Å². The highest BCUT2D eigenvalue weighted by Crippen LogP contribution is 2.58. The second kappa shape index (κ2) is 7.78. The minimum Gasteiger partial charge on any atom is -0.507 e. The summed E-state index contributed by atoms with van der Waals surface area (Å²) < 4.78 is 17.6. The van der Waals surface area contributed by atoms with Crippen molar-refractivity contribution < 1.29 is 9.50 Å². The van der Waals surface area contributed by atoms with Gasteiger partial charge in [0.1, 0.15) is 17.6 Å². The highest BCUT2D eigenvalue weighted by molar-refractivity contribution is 5.68. The average molecular weight is 451 g/mol. The lowest BCUT2D eigenvalue weighted by atomic mass is 9.52. The predicted octanol–water partition coefficient (Wildman–Crippen LogP) is 4.81. The molecule has 0 amide bonds. The van der Waals surface area contributed by atoms with Crippen molar-refractivity contribution in [3.63, 3.8) is 0 Å². The highest BCUT2D eigenvalue weighted by atomic mass is 19.1. The van der Waals surface area contributed by atoms with Crippen molar-refractivity contribution in [1.29, 1.82) is 0 Å². The molecule has 2 aliphatic rings. The predicted molar refractivity (Wildman–Crippen MR) is 125 cm³/mol. The van der Waals surface area contributed by atoms with Gasteiger partial charge in [0, 0.05) is 36.5 Å². The number of anilines is 1. The molecule has 0 aliphatic heterocycles. The summed E-state index contributed by atoms with van der Waals surface area (Å²) in [5, 5.41) is 19.2. The Labute approximate surface area is 193 Å². The van der Waals surface area contributed by atoms with Gasteiger partial charge in [0.2, 0.25) is 5.95 Å². The van der Waals surface area contributed by atoms with E-state index >= 15 is 4.39 Å². The highest BCUT2D eigenvalue weighted by Gasteiger charge is 2.55. The Kier molecular flexibility index (Phi) is 5.14. The van der Waals surface area contributed by atoms with Crippen LogP contribution in [0.2, 0.25) is 0 Å². The van der Waals surface area contributed by atoms with Crippen LogP contribution in [-0.2, 0) is 0 Å². The van der Waals surface area contributed by atoms with E-state index in [0.29, 0.717) is 23.1 Å². The Bertz CT molecular complexity index is 1140. The summed E-state index contributed by atoms with van der Waals surface area (Å²) in [6, 6.07) is 5.02. The third-order valence-electron chi connectivity index (χ3n) is 7.61. The minimum absolute atomic E-state index is 0.0808. The molecular weight excluding hydrogens is 419 g/mol. The summed E-state index contributed by atoms with van der Waals surface area (Å²) >= 11 is 0. The van der Waals surface area contributed by atoms with Gasteiger partial charge >= 0.3 is 0 Å². The maximum absolute atomic E-state index is 15.8. The largest absolute Gasteiger partial charge is 0.507 e. The number of fused-ring (bicyclic) bond motifs is 2. The maximum Gasteiger partial charge on any atom is 0.245 e. The standard InChI is InChI=1S/C25H31FN6O/c1-16-10-24(2)12-20(22(26)25(3,11-16)14-24)31(4)23-28-13-19(29-30-23)18-6-5-17(9-21(18)33)32-8-7-27-15-32/h5-9,13,15-16,20,22,33H,10-12,14H2,1-4H3/t16?,20-,22+,24-,25-/m0/s1. The van der Waals surface area contributed by atoms with Crippen LogP contribution in [0.4, 0.5) is 10.3 Å². The van der Waals surface area contributed by atoms with Crippen LogP contribution in [-0.4, -0.2) is 49.1 Å². The number of rotatable bonds is 4. The molecule has 1 N–H and O–H groups in total. The zero-order valence-electron chi connectivity index (χ0n) is 19.6. The Hall–Kier alpha value is -3.03. The molecule has 174 valence electrons. The van der Waals surface area contributed by atoms with E-state index < -0.39 is 6.17 Å². The van der Waals surface area contributed by atoms with Crippen LogP contribution < -0.4 is 4.90 Å². The lowest BCUT2D eigenvalue weighted by molar-refractivity contribution is -0.0732. The summed E-state index contributed by atoms with van der Waals surface area (Å²) in [7, 11) is 1.86. The summed E-state index contributed by atoms with van der Waals surface area (Å²) in [4.78, 5) is 10.4. The maximum atomic E-state index is 15.8. The van der Waals surface area contributed by atoms with Gasteiger partial charge in [-0.3, -0.25) is 0 Å². The number of aromatic nitrogens is 5. The fourth-order valence-corrected chi connectivity index (χ4v) is 6.61. The van der Waals surface area contributed by atoms with E-state index in [1.807, 2.05) is 18.0 Å². The van der Waals surface area contributed by atoms with Crippen LogP contribution in [0.3, 0.4) is 0 Å². The van der Waals surface area contributed by atoms with Crippen LogP contribution in [0.25, 0.3) is 16.9 Å². The topological polar surface area (TPSA) is 80.0 Å². The van der Waals surface area contributed by atoms with Gasteiger partial charge in [-0.2, -0.15) is 0 Å². The summed E-state index contributed by atoms with van der Waals surface area (Å²) in [5.74, 6) is 1.03. The molecule has 1 aromatic carbocycles. The lowest BCUT2D eigenvalue weighted by Crippen LogP contribution is -2.58. The monoisotopic (exact) mass is 450 g/mol. The van der Waals surface area contributed by atoms with Gasteiger partial charge in [-0.25, -0.2) is 14.4 Å². The summed E-state index contributed by atoms with van der Waals surface area (Å²) in [6.45, 7) is 6.64. The quantitative estimate of drug-likeness (QED) is 0.615. The number of phenolic OH excluding ortho intramolecular Hbond substituents is 1. The molecule has 0 radical (unpaired) electrons. The van der Waals surface area contributed by atoms with Crippen LogP contribution in [0.5, 0.6) is 5.75 Å². The minimum atomic E-state index is -0.943. The summed E-state index contributed by atoms with van der Waals surface area (Å²) in [5.41, 5.74) is 1.60. The summed E-state index contributed by atoms with van der Waals surface area (Å²) in [6.07, 6.45) is 9.56. The molecule has 1 unspecified atom stereocenters. The normalized spacial score (nSPS) is 31.4. The van der Waals surface area contributed by atoms with Crippen LogP contribution >= 0.6 is 0 Å². The zero-order valence-corrected chi connectivity index (χ0v) is 19.6. The smallest absolute Gasteiger partial charge is 0.245 e. The van der Waals surface area contributed by atoms with Crippen molar-refractivity contribution in [2.75, 3.05) is 11.9 Å². The van der Waals surface area contributed by atoms with Gasteiger partial charge in [0.15, 0.2) is 0 Å². The third kappa shape index (κ3) is 3.85. The number of phenols is 1. The van der Waals surface area contributed by atoms with Gasteiger partial charge in [-0.1, -0.05) is 20.8 Å². The Morgan fingerprint density at radius 1 is 1.18 bits per heavy atom. The molecule has 5 atom stereocenters.